The Morgan fingerprint density at radius 1 is 1.11 bits per heavy atom. The number of aromatic nitrogens is 3. The molecule has 0 fully saturated rings. The number of nitrogens with zero attached hydrogens (tertiary/aromatic N) is 4. The molecule has 36 heavy (non-hydrogen) atoms. The summed E-state index contributed by atoms with van der Waals surface area (Å²) >= 11 is 0. The molecule has 194 valence electrons. The number of primary amides is 1. The highest BCUT2D eigenvalue weighted by molar-refractivity contribution is 5.78. The summed E-state index contributed by atoms with van der Waals surface area (Å²) < 4.78 is 11.5. The number of nitrogens with two attached hydrogens (primary N) is 1. The van der Waals surface area contributed by atoms with Crippen molar-refractivity contribution < 1.29 is 24.3 Å². The zero-order valence-electron chi connectivity index (χ0n) is 21.5. The molecule has 1 aromatic carbocycles. The van der Waals surface area contributed by atoms with Crippen LogP contribution in [0.4, 0.5) is 5.82 Å². The number of pyridine rings is 1. The van der Waals surface area contributed by atoms with Crippen molar-refractivity contribution in [3.05, 3.63) is 41.1 Å². The van der Waals surface area contributed by atoms with Gasteiger partial charge >= 0.3 is 0 Å². The molecule has 0 bridgehead atoms. The summed E-state index contributed by atoms with van der Waals surface area (Å²) in [7, 11) is 1.99. The monoisotopic (exact) mass is 497 g/mol. The number of anilines is 1. The maximum absolute atomic E-state index is 11.0. The standard InChI is InChI=1S/C26H35N5O5/c1-6-16-10-17(9-15(4)23(16)35-14-20(32)13-21(33)24(27)34)25-29-26(36-30-25)18-11-19(7-2)28-22(12-18)31(5)8-3/h9-12,20-21,32-33H,6-8,13-14H2,1-5H3,(H2,27,34)/t20-,21?/m1/s1. The SMILES string of the molecule is CCc1cc(-c2nc(-c3cc(C)c(OC[C@H](O)CC(O)C(N)=O)c(CC)c3)no2)cc(N(C)CC)n1. The van der Waals surface area contributed by atoms with Gasteiger partial charge in [-0.1, -0.05) is 19.0 Å². The molecule has 10 nitrogen and oxygen atoms in total. The van der Waals surface area contributed by atoms with E-state index in [4.69, 9.17) is 15.0 Å². The first kappa shape index (κ1) is 27.1. The number of benzene rings is 1. The maximum atomic E-state index is 11.0. The minimum absolute atomic E-state index is 0.0831. The predicted molar refractivity (Wildman–Crippen MR) is 137 cm³/mol. The van der Waals surface area contributed by atoms with Gasteiger partial charge in [-0.05, 0) is 62.1 Å². The van der Waals surface area contributed by atoms with E-state index in [-0.39, 0.29) is 13.0 Å². The average molecular weight is 498 g/mol. The summed E-state index contributed by atoms with van der Waals surface area (Å²) in [4.78, 5) is 22.4. The normalized spacial score (nSPS) is 12.9. The highest BCUT2D eigenvalue weighted by Gasteiger charge is 2.20. The first-order chi connectivity index (χ1) is 17.2. The zero-order chi connectivity index (χ0) is 26.4. The van der Waals surface area contributed by atoms with Crippen molar-refractivity contribution in [3.8, 4) is 28.6 Å². The van der Waals surface area contributed by atoms with Gasteiger partial charge in [-0.2, -0.15) is 4.98 Å². The lowest BCUT2D eigenvalue weighted by molar-refractivity contribution is -0.127. The van der Waals surface area contributed by atoms with E-state index in [0.717, 1.165) is 46.7 Å². The van der Waals surface area contributed by atoms with Crippen LogP contribution in [-0.2, 0) is 17.6 Å². The van der Waals surface area contributed by atoms with Gasteiger partial charge in [-0.3, -0.25) is 4.79 Å². The fourth-order valence-electron chi connectivity index (χ4n) is 3.76. The Balaban J connectivity index is 1.85. The van der Waals surface area contributed by atoms with Crippen molar-refractivity contribution in [1.82, 2.24) is 15.1 Å². The van der Waals surface area contributed by atoms with Crippen LogP contribution >= 0.6 is 0 Å². The predicted octanol–water partition coefficient (Wildman–Crippen LogP) is 2.66. The van der Waals surface area contributed by atoms with Crippen molar-refractivity contribution in [2.75, 3.05) is 25.1 Å². The molecule has 0 saturated heterocycles. The number of hydrogen-bond acceptors (Lipinski definition) is 9. The van der Waals surface area contributed by atoms with Crippen molar-refractivity contribution in [3.63, 3.8) is 0 Å². The third-order valence-corrected chi connectivity index (χ3v) is 6.00. The second-order valence-corrected chi connectivity index (χ2v) is 8.75. The van der Waals surface area contributed by atoms with E-state index >= 15 is 0 Å². The quantitative estimate of drug-likeness (QED) is 0.343. The van der Waals surface area contributed by atoms with Crippen LogP contribution in [0.25, 0.3) is 22.8 Å². The number of rotatable bonds is 12. The number of aryl methyl sites for hydroxylation is 3. The zero-order valence-corrected chi connectivity index (χ0v) is 21.5. The molecule has 2 atom stereocenters. The van der Waals surface area contributed by atoms with E-state index in [1.807, 2.05) is 45.2 Å². The molecule has 1 unspecified atom stereocenters. The van der Waals surface area contributed by atoms with Gasteiger partial charge in [0.1, 0.15) is 24.3 Å². The number of hydrogen-bond donors (Lipinski definition) is 3. The van der Waals surface area contributed by atoms with Crippen LogP contribution in [0, 0.1) is 6.92 Å². The molecule has 0 saturated carbocycles. The fraction of sp³-hybridized carbons (Fsp3) is 0.462. The molecule has 3 rings (SSSR count). The van der Waals surface area contributed by atoms with Gasteiger partial charge in [0.05, 0.1) is 6.10 Å². The number of amides is 1. The first-order valence-electron chi connectivity index (χ1n) is 12.1. The number of carbonyl (C=O) groups excluding carboxylic acids is 1. The lowest BCUT2D eigenvalue weighted by atomic mass is 10.0. The molecule has 0 aliphatic rings. The van der Waals surface area contributed by atoms with Gasteiger partial charge in [0.2, 0.25) is 11.7 Å². The fourth-order valence-corrected chi connectivity index (χ4v) is 3.76. The molecular formula is C26H35N5O5. The van der Waals surface area contributed by atoms with E-state index < -0.39 is 18.1 Å². The van der Waals surface area contributed by atoms with Crippen molar-refractivity contribution in [1.29, 1.82) is 0 Å². The summed E-state index contributed by atoms with van der Waals surface area (Å²) in [5.74, 6) is 1.48. The van der Waals surface area contributed by atoms with E-state index in [9.17, 15) is 15.0 Å². The lowest BCUT2D eigenvalue weighted by Gasteiger charge is -2.18. The molecule has 2 heterocycles. The van der Waals surface area contributed by atoms with E-state index in [1.54, 1.807) is 0 Å². The van der Waals surface area contributed by atoms with Gasteiger partial charge in [-0.25, -0.2) is 4.98 Å². The maximum Gasteiger partial charge on any atom is 0.258 e. The van der Waals surface area contributed by atoms with Crippen molar-refractivity contribution in [2.24, 2.45) is 5.73 Å². The van der Waals surface area contributed by atoms with E-state index in [1.165, 1.54) is 0 Å². The topological polar surface area (TPSA) is 148 Å². The van der Waals surface area contributed by atoms with Gasteiger partial charge in [0.15, 0.2) is 0 Å². The van der Waals surface area contributed by atoms with E-state index in [0.29, 0.717) is 23.9 Å². The summed E-state index contributed by atoms with van der Waals surface area (Å²) in [5.41, 5.74) is 9.33. The van der Waals surface area contributed by atoms with Crippen molar-refractivity contribution >= 4 is 11.7 Å². The number of aliphatic hydroxyl groups excluding tert-OH is 2. The summed E-state index contributed by atoms with van der Waals surface area (Å²) in [6, 6.07) is 7.74. The lowest BCUT2D eigenvalue weighted by Crippen LogP contribution is -2.33. The molecule has 4 N–H and O–H groups in total. The van der Waals surface area contributed by atoms with Crippen molar-refractivity contribution in [2.45, 2.75) is 59.2 Å². The second-order valence-electron chi connectivity index (χ2n) is 8.75. The minimum Gasteiger partial charge on any atom is -0.490 e. The summed E-state index contributed by atoms with van der Waals surface area (Å²) in [6.07, 6.45) is -1.19. The second kappa shape index (κ2) is 12.0. The highest BCUT2D eigenvalue weighted by atomic mass is 16.5. The molecular weight excluding hydrogens is 462 g/mol. The van der Waals surface area contributed by atoms with Gasteiger partial charge in [0.25, 0.3) is 5.89 Å². The largest absolute Gasteiger partial charge is 0.490 e. The minimum atomic E-state index is -1.42. The Morgan fingerprint density at radius 2 is 1.86 bits per heavy atom. The average Bonchev–Trinajstić information content (AvgIpc) is 3.37. The number of aliphatic hydroxyl groups is 2. The van der Waals surface area contributed by atoms with Crippen LogP contribution < -0.4 is 15.4 Å². The molecule has 0 aliphatic carbocycles. The molecule has 3 aromatic rings. The first-order valence-corrected chi connectivity index (χ1v) is 12.1. The molecule has 1 amide bonds. The van der Waals surface area contributed by atoms with Crippen LogP contribution in [0.5, 0.6) is 5.75 Å². The van der Waals surface area contributed by atoms with Crippen LogP contribution in [0.1, 0.15) is 44.0 Å². The third-order valence-electron chi connectivity index (χ3n) is 6.00. The van der Waals surface area contributed by atoms with Gasteiger partial charge < -0.3 is 30.1 Å². The third kappa shape index (κ3) is 6.38. The Labute approximate surface area is 211 Å². The van der Waals surface area contributed by atoms with Crippen LogP contribution in [0.15, 0.2) is 28.8 Å². The smallest absolute Gasteiger partial charge is 0.258 e. The number of carbonyl (C=O) groups is 1. The van der Waals surface area contributed by atoms with Crippen LogP contribution in [0.3, 0.4) is 0 Å². The Morgan fingerprint density at radius 3 is 2.50 bits per heavy atom. The highest BCUT2D eigenvalue weighted by Crippen LogP contribution is 2.32. The molecule has 0 radical (unpaired) electrons. The van der Waals surface area contributed by atoms with Gasteiger partial charge in [0, 0.05) is 36.8 Å². The molecule has 2 aromatic heterocycles. The Hall–Kier alpha value is -3.50. The Kier molecular flexibility index (Phi) is 9.00. The summed E-state index contributed by atoms with van der Waals surface area (Å²) in [5, 5.41) is 23.9. The van der Waals surface area contributed by atoms with Gasteiger partial charge in [-0.15, -0.1) is 0 Å². The molecule has 0 spiro atoms. The van der Waals surface area contributed by atoms with Crippen LogP contribution in [-0.4, -0.2) is 63.7 Å². The molecule has 0 aliphatic heterocycles. The Bertz CT molecular complexity index is 1200. The van der Waals surface area contributed by atoms with E-state index in [2.05, 4.69) is 33.9 Å². The molecule has 10 heteroatoms. The van der Waals surface area contributed by atoms with Crippen LogP contribution in [0.2, 0.25) is 0 Å². The summed E-state index contributed by atoms with van der Waals surface area (Å²) in [6.45, 7) is 8.75. The number of ether oxygens (including phenoxy) is 1.